The number of benzene rings is 2. The normalized spacial score (nSPS) is 12.3. The highest BCUT2D eigenvalue weighted by Crippen LogP contribution is 2.30. The fourth-order valence-electron chi connectivity index (χ4n) is 3.47. The van der Waals surface area contributed by atoms with Crippen LogP contribution in [0.1, 0.15) is 24.0 Å². The summed E-state index contributed by atoms with van der Waals surface area (Å²) in [5.74, 6) is 1.05. The van der Waals surface area contributed by atoms with Crippen LogP contribution in [-0.4, -0.2) is 33.2 Å². The lowest BCUT2D eigenvalue weighted by Crippen LogP contribution is -2.05. The van der Waals surface area contributed by atoms with Crippen molar-refractivity contribution in [3.8, 4) is 5.75 Å². The molecular formula is C22H23N5O4. The monoisotopic (exact) mass is 421 g/mol. The van der Waals surface area contributed by atoms with E-state index in [0.717, 1.165) is 24.9 Å². The molecule has 0 amide bonds. The molecule has 0 radical (unpaired) electrons. The van der Waals surface area contributed by atoms with E-state index < -0.39 is 4.92 Å². The van der Waals surface area contributed by atoms with Crippen molar-refractivity contribution in [3.05, 3.63) is 69.9 Å². The summed E-state index contributed by atoms with van der Waals surface area (Å²) in [6, 6.07) is 13.2. The summed E-state index contributed by atoms with van der Waals surface area (Å²) >= 11 is 0. The molecule has 3 aromatic rings. The van der Waals surface area contributed by atoms with Gasteiger partial charge in [-0.3, -0.25) is 10.1 Å². The number of ether oxygens (including phenoxy) is 1. The number of aliphatic hydroxyl groups is 1. The molecule has 3 N–H and O–H groups in total. The van der Waals surface area contributed by atoms with Crippen LogP contribution in [-0.2, 0) is 12.8 Å². The molecule has 0 saturated heterocycles. The van der Waals surface area contributed by atoms with Gasteiger partial charge in [-0.2, -0.15) is 4.98 Å². The highest BCUT2D eigenvalue weighted by atomic mass is 16.6. The molecule has 2 aromatic carbocycles. The van der Waals surface area contributed by atoms with E-state index in [0.29, 0.717) is 24.5 Å². The maximum absolute atomic E-state index is 11.4. The van der Waals surface area contributed by atoms with Gasteiger partial charge in [0.2, 0.25) is 11.8 Å². The van der Waals surface area contributed by atoms with Crippen molar-refractivity contribution in [2.75, 3.05) is 23.8 Å². The minimum Gasteiger partial charge on any atom is -0.494 e. The lowest BCUT2D eigenvalue weighted by Gasteiger charge is -2.11. The molecule has 0 unspecified atom stereocenters. The van der Waals surface area contributed by atoms with Gasteiger partial charge in [-0.05, 0) is 66.8 Å². The van der Waals surface area contributed by atoms with Gasteiger partial charge in [0.1, 0.15) is 11.9 Å². The third-order valence-electron chi connectivity index (χ3n) is 5.01. The number of rotatable bonds is 9. The van der Waals surface area contributed by atoms with E-state index in [-0.39, 0.29) is 24.1 Å². The number of aryl methyl sites for hydroxylation is 2. The first-order chi connectivity index (χ1) is 15.1. The summed E-state index contributed by atoms with van der Waals surface area (Å²) in [5.41, 5.74) is 3.87. The summed E-state index contributed by atoms with van der Waals surface area (Å²) in [6.07, 6.45) is 4.98. The molecule has 0 atom stereocenters. The van der Waals surface area contributed by atoms with Gasteiger partial charge in [-0.15, -0.1) is 0 Å². The third-order valence-corrected chi connectivity index (χ3v) is 5.01. The Bertz CT molecular complexity index is 1070. The Balaban J connectivity index is 1.51. The molecule has 9 nitrogen and oxygen atoms in total. The van der Waals surface area contributed by atoms with Gasteiger partial charge >= 0.3 is 5.69 Å². The average Bonchev–Trinajstić information content (AvgIpc) is 3.23. The zero-order valence-corrected chi connectivity index (χ0v) is 16.9. The van der Waals surface area contributed by atoms with E-state index in [1.807, 2.05) is 12.1 Å². The molecule has 9 heteroatoms. The van der Waals surface area contributed by atoms with Crippen molar-refractivity contribution in [1.82, 2.24) is 9.97 Å². The van der Waals surface area contributed by atoms with Gasteiger partial charge in [-0.1, -0.05) is 6.07 Å². The van der Waals surface area contributed by atoms with Gasteiger partial charge in [0, 0.05) is 24.4 Å². The smallest absolute Gasteiger partial charge is 0.329 e. The Kier molecular flexibility index (Phi) is 6.23. The molecule has 0 bridgehead atoms. The molecule has 0 saturated carbocycles. The van der Waals surface area contributed by atoms with Gasteiger partial charge in [0.05, 0.1) is 11.5 Å². The van der Waals surface area contributed by atoms with Crippen LogP contribution >= 0.6 is 0 Å². The predicted octanol–water partition coefficient (Wildman–Crippen LogP) is 4.12. The SMILES string of the molecule is O=[N+]([O-])c1cnc(Nc2ccc(OCCCO)cc2)nc1Nc1ccc2c(c1)CCC2. The molecule has 160 valence electrons. The van der Waals surface area contributed by atoms with Crippen LogP contribution < -0.4 is 15.4 Å². The first-order valence-electron chi connectivity index (χ1n) is 10.1. The maximum Gasteiger partial charge on any atom is 0.329 e. The van der Waals surface area contributed by atoms with E-state index >= 15 is 0 Å². The van der Waals surface area contributed by atoms with Crippen LogP contribution in [0.2, 0.25) is 0 Å². The molecule has 0 fully saturated rings. The highest BCUT2D eigenvalue weighted by molar-refractivity contribution is 5.68. The number of hydrogen-bond donors (Lipinski definition) is 3. The minimum atomic E-state index is -0.502. The van der Waals surface area contributed by atoms with Crippen LogP contribution in [0.25, 0.3) is 0 Å². The first kappa shape index (κ1) is 20.5. The molecule has 31 heavy (non-hydrogen) atoms. The Morgan fingerprint density at radius 3 is 2.61 bits per heavy atom. The lowest BCUT2D eigenvalue weighted by atomic mass is 10.1. The van der Waals surface area contributed by atoms with Gasteiger partial charge in [-0.25, -0.2) is 4.98 Å². The fraction of sp³-hybridized carbons (Fsp3) is 0.273. The van der Waals surface area contributed by atoms with Crippen molar-refractivity contribution in [2.45, 2.75) is 25.7 Å². The molecular weight excluding hydrogens is 398 g/mol. The Hall–Kier alpha value is -3.72. The van der Waals surface area contributed by atoms with Crippen molar-refractivity contribution in [1.29, 1.82) is 0 Å². The molecule has 1 aromatic heterocycles. The van der Waals surface area contributed by atoms with E-state index in [4.69, 9.17) is 9.84 Å². The summed E-state index contributed by atoms with van der Waals surface area (Å²) < 4.78 is 5.51. The quantitative estimate of drug-likeness (QED) is 0.268. The number of nitrogens with zero attached hydrogens (tertiary/aromatic N) is 3. The number of nitrogens with one attached hydrogen (secondary N) is 2. The summed E-state index contributed by atoms with van der Waals surface area (Å²) in [6.45, 7) is 0.519. The second-order valence-electron chi connectivity index (χ2n) is 7.22. The van der Waals surface area contributed by atoms with Crippen LogP contribution in [0.4, 0.5) is 28.8 Å². The number of aromatic nitrogens is 2. The minimum absolute atomic E-state index is 0.0823. The molecule has 4 rings (SSSR count). The van der Waals surface area contributed by atoms with E-state index in [1.54, 1.807) is 24.3 Å². The predicted molar refractivity (Wildman–Crippen MR) is 117 cm³/mol. The number of aliphatic hydroxyl groups excluding tert-OH is 1. The molecule has 0 aliphatic heterocycles. The largest absolute Gasteiger partial charge is 0.494 e. The van der Waals surface area contributed by atoms with E-state index in [1.165, 1.54) is 17.3 Å². The van der Waals surface area contributed by atoms with Gasteiger partial charge in [0.15, 0.2) is 0 Å². The number of nitro groups is 1. The lowest BCUT2D eigenvalue weighted by molar-refractivity contribution is -0.384. The molecule has 0 spiro atoms. The highest BCUT2D eigenvalue weighted by Gasteiger charge is 2.19. The summed E-state index contributed by atoms with van der Waals surface area (Å²) in [4.78, 5) is 19.4. The van der Waals surface area contributed by atoms with Gasteiger partial charge in [0.25, 0.3) is 0 Å². The summed E-state index contributed by atoms with van der Waals surface area (Å²) in [7, 11) is 0. The van der Waals surface area contributed by atoms with Crippen LogP contribution in [0, 0.1) is 10.1 Å². The van der Waals surface area contributed by atoms with Crippen LogP contribution in [0.5, 0.6) is 5.75 Å². The second kappa shape index (κ2) is 9.40. The zero-order chi connectivity index (χ0) is 21.6. The van der Waals surface area contributed by atoms with E-state index in [9.17, 15) is 10.1 Å². The fourth-order valence-corrected chi connectivity index (χ4v) is 3.47. The topological polar surface area (TPSA) is 122 Å². The Morgan fingerprint density at radius 2 is 1.84 bits per heavy atom. The van der Waals surface area contributed by atoms with Gasteiger partial charge < -0.3 is 20.5 Å². The molecule has 1 heterocycles. The van der Waals surface area contributed by atoms with Crippen LogP contribution in [0.3, 0.4) is 0 Å². The van der Waals surface area contributed by atoms with E-state index in [2.05, 4.69) is 26.7 Å². The standard InChI is InChI=1S/C22H23N5O4/c28-11-2-12-31-19-9-7-17(8-10-19)25-22-23-14-20(27(29)30)21(26-22)24-18-6-5-15-3-1-4-16(15)13-18/h5-10,13-14,28H,1-4,11-12H2,(H2,23,24,25,26). The number of anilines is 4. The van der Waals surface area contributed by atoms with Crippen molar-refractivity contribution < 1.29 is 14.8 Å². The molecule has 1 aliphatic rings. The van der Waals surface area contributed by atoms with Crippen molar-refractivity contribution in [2.24, 2.45) is 0 Å². The number of hydrogen-bond acceptors (Lipinski definition) is 8. The third kappa shape index (κ3) is 5.07. The number of fused-ring (bicyclic) bond motifs is 1. The second-order valence-corrected chi connectivity index (χ2v) is 7.22. The summed E-state index contributed by atoms with van der Waals surface area (Å²) in [5, 5.41) is 26.4. The molecule has 1 aliphatic carbocycles. The Morgan fingerprint density at radius 1 is 1.06 bits per heavy atom. The van der Waals surface area contributed by atoms with Crippen molar-refractivity contribution >= 4 is 28.8 Å². The average molecular weight is 421 g/mol. The zero-order valence-electron chi connectivity index (χ0n) is 16.9. The maximum atomic E-state index is 11.4. The first-order valence-corrected chi connectivity index (χ1v) is 10.1. The Labute approximate surface area is 179 Å². The van der Waals surface area contributed by atoms with Crippen molar-refractivity contribution in [3.63, 3.8) is 0 Å². The van der Waals surface area contributed by atoms with Crippen LogP contribution in [0.15, 0.2) is 48.7 Å².